The average Bonchev–Trinajstić information content (AvgIpc) is 2.42. The zero-order valence-electron chi connectivity index (χ0n) is 13.7. The fourth-order valence-corrected chi connectivity index (χ4v) is 2.09. The quantitative estimate of drug-likeness (QED) is 0.573. The Bertz CT molecular complexity index is 523. The van der Waals surface area contributed by atoms with Gasteiger partial charge in [-0.25, -0.2) is 0 Å². The first-order valence-corrected chi connectivity index (χ1v) is 7.68. The number of amides is 1. The van der Waals surface area contributed by atoms with Crippen LogP contribution in [0.3, 0.4) is 0 Å². The first kappa shape index (κ1) is 18.3. The molecule has 0 atom stereocenters. The zero-order chi connectivity index (χ0) is 16.6. The molecule has 5 nitrogen and oxygen atoms in total. The first-order chi connectivity index (χ1) is 10.3. The van der Waals surface area contributed by atoms with Gasteiger partial charge in [0.2, 0.25) is 5.91 Å². The van der Waals surface area contributed by atoms with Gasteiger partial charge in [0.1, 0.15) is 0 Å². The summed E-state index contributed by atoms with van der Waals surface area (Å²) in [6, 6.07) is 7.75. The molecule has 1 amide bonds. The van der Waals surface area contributed by atoms with Crippen LogP contribution in [-0.4, -0.2) is 37.5 Å². The van der Waals surface area contributed by atoms with Crippen molar-refractivity contribution in [2.75, 3.05) is 20.1 Å². The van der Waals surface area contributed by atoms with Gasteiger partial charge in [0.15, 0.2) is 5.96 Å². The average molecular weight is 325 g/mol. The minimum atomic E-state index is -0.236. The number of nitrogens with zero attached hydrogens (tertiary/aromatic N) is 1. The third-order valence-electron chi connectivity index (χ3n) is 2.80. The highest BCUT2D eigenvalue weighted by molar-refractivity contribution is 6.31. The normalized spacial score (nSPS) is 12.0. The summed E-state index contributed by atoms with van der Waals surface area (Å²) in [5, 5.41) is 9.80. The monoisotopic (exact) mass is 324 g/mol. The zero-order valence-corrected chi connectivity index (χ0v) is 14.4. The van der Waals surface area contributed by atoms with Crippen molar-refractivity contribution >= 4 is 23.5 Å². The maximum atomic E-state index is 11.7. The number of hydrogen-bond acceptors (Lipinski definition) is 2. The Morgan fingerprint density at radius 1 is 1.23 bits per heavy atom. The molecule has 0 radical (unpaired) electrons. The van der Waals surface area contributed by atoms with Crippen molar-refractivity contribution in [1.82, 2.24) is 16.0 Å². The summed E-state index contributed by atoms with van der Waals surface area (Å²) in [5.41, 5.74) is 0.845. The van der Waals surface area contributed by atoms with Gasteiger partial charge >= 0.3 is 0 Å². The molecule has 3 N–H and O–H groups in total. The minimum absolute atomic E-state index is 0.0680. The Morgan fingerprint density at radius 2 is 1.91 bits per heavy atom. The lowest BCUT2D eigenvalue weighted by Gasteiger charge is -2.21. The van der Waals surface area contributed by atoms with Gasteiger partial charge in [-0.3, -0.25) is 9.79 Å². The van der Waals surface area contributed by atoms with Crippen LogP contribution in [0, 0.1) is 0 Å². The van der Waals surface area contributed by atoms with Gasteiger partial charge in [-0.05, 0) is 38.8 Å². The number of halogens is 1. The Morgan fingerprint density at radius 3 is 2.50 bits per heavy atom. The minimum Gasteiger partial charge on any atom is -0.356 e. The molecule has 1 aromatic carbocycles. The molecule has 22 heavy (non-hydrogen) atoms. The van der Waals surface area contributed by atoms with E-state index in [0.29, 0.717) is 12.5 Å². The number of guanidine groups is 1. The molecule has 0 aliphatic heterocycles. The summed E-state index contributed by atoms with van der Waals surface area (Å²) in [7, 11) is 1.67. The van der Waals surface area contributed by atoms with Crippen molar-refractivity contribution < 1.29 is 4.79 Å². The van der Waals surface area contributed by atoms with Crippen LogP contribution in [0.4, 0.5) is 0 Å². The van der Waals surface area contributed by atoms with E-state index >= 15 is 0 Å². The molecule has 0 aromatic heterocycles. The Balaban J connectivity index is 2.34. The number of aliphatic imine (C=N–C) groups is 1. The van der Waals surface area contributed by atoms with Crippen molar-refractivity contribution in [2.45, 2.75) is 32.7 Å². The van der Waals surface area contributed by atoms with E-state index in [4.69, 9.17) is 11.6 Å². The molecular weight excluding hydrogens is 300 g/mol. The van der Waals surface area contributed by atoms with Gasteiger partial charge in [0.05, 0.1) is 6.54 Å². The van der Waals surface area contributed by atoms with Crippen molar-refractivity contribution in [3.63, 3.8) is 0 Å². The Kier molecular flexibility index (Phi) is 7.18. The van der Waals surface area contributed by atoms with Crippen molar-refractivity contribution in [3.05, 3.63) is 34.9 Å². The van der Waals surface area contributed by atoms with Crippen LogP contribution in [0.25, 0.3) is 0 Å². The molecule has 0 fully saturated rings. The molecule has 0 aliphatic rings. The van der Waals surface area contributed by atoms with Crippen molar-refractivity contribution in [2.24, 2.45) is 4.99 Å². The van der Waals surface area contributed by atoms with E-state index in [0.717, 1.165) is 17.0 Å². The fourth-order valence-electron chi connectivity index (χ4n) is 1.86. The maximum absolute atomic E-state index is 11.7. The predicted molar refractivity (Wildman–Crippen MR) is 92.4 cm³/mol. The molecular formula is C16H25ClN4O. The van der Waals surface area contributed by atoms with Crippen molar-refractivity contribution in [1.29, 1.82) is 0 Å². The summed E-state index contributed by atoms with van der Waals surface area (Å²) in [6.45, 7) is 6.71. The molecule has 1 rings (SSSR count). The molecule has 0 unspecified atom stereocenters. The van der Waals surface area contributed by atoms with Gasteiger partial charge < -0.3 is 16.0 Å². The predicted octanol–water partition coefficient (Wildman–Crippen LogP) is 1.96. The molecule has 6 heteroatoms. The van der Waals surface area contributed by atoms with Crippen LogP contribution in [0.15, 0.2) is 29.3 Å². The summed E-state index contributed by atoms with van der Waals surface area (Å²) >= 11 is 6.11. The van der Waals surface area contributed by atoms with E-state index in [2.05, 4.69) is 20.9 Å². The van der Waals surface area contributed by atoms with Crippen molar-refractivity contribution in [3.8, 4) is 0 Å². The third-order valence-corrected chi connectivity index (χ3v) is 3.17. The second kappa shape index (κ2) is 8.63. The molecule has 0 aliphatic carbocycles. The van der Waals surface area contributed by atoms with Gasteiger partial charge in [-0.2, -0.15) is 0 Å². The smallest absolute Gasteiger partial charge is 0.239 e. The number of rotatable bonds is 5. The SMILES string of the molecule is CN=C(NCCc1ccccc1Cl)NCC(=O)NC(C)(C)C. The summed E-state index contributed by atoms with van der Waals surface area (Å²) in [5.74, 6) is 0.526. The maximum Gasteiger partial charge on any atom is 0.239 e. The molecule has 1 aromatic rings. The highest BCUT2D eigenvalue weighted by atomic mass is 35.5. The number of nitrogens with one attached hydrogen (secondary N) is 3. The molecule has 0 bridgehead atoms. The molecule has 0 saturated carbocycles. The number of carbonyl (C=O) groups excluding carboxylic acids is 1. The lowest BCUT2D eigenvalue weighted by molar-refractivity contribution is -0.121. The van der Waals surface area contributed by atoms with Gasteiger partial charge in [0, 0.05) is 24.2 Å². The lowest BCUT2D eigenvalue weighted by atomic mass is 10.1. The van der Waals surface area contributed by atoms with E-state index in [-0.39, 0.29) is 18.0 Å². The van der Waals surface area contributed by atoms with Gasteiger partial charge in [0.25, 0.3) is 0 Å². The fraction of sp³-hybridized carbons (Fsp3) is 0.500. The first-order valence-electron chi connectivity index (χ1n) is 7.31. The highest BCUT2D eigenvalue weighted by Gasteiger charge is 2.13. The van der Waals surface area contributed by atoms with Gasteiger partial charge in [-0.15, -0.1) is 0 Å². The topological polar surface area (TPSA) is 65.5 Å². The largest absolute Gasteiger partial charge is 0.356 e. The molecule has 122 valence electrons. The molecule has 0 heterocycles. The van der Waals surface area contributed by atoms with Crippen LogP contribution in [0.1, 0.15) is 26.3 Å². The standard InChI is InChI=1S/C16H25ClN4O/c1-16(2,3)21-14(22)11-20-15(18-4)19-10-9-12-7-5-6-8-13(12)17/h5-8H,9-11H2,1-4H3,(H,21,22)(H2,18,19,20). The number of carbonyl (C=O) groups is 1. The van der Waals surface area contributed by atoms with Crippen LogP contribution in [0.5, 0.6) is 0 Å². The third kappa shape index (κ3) is 7.31. The van der Waals surface area contributed by atoms with E-state index in [1.807, 2.05) is 45.0 Å². The van der Waals surface area contributed by atoms with E-state index in [1.165, 1.54) is 0 Å². The summed E-state index contributed by atoms with van der Waals surface area (Å²) in [6.07, 6.45) is 0.786. The van der Waals surface area contributed by atoms with Crippen LogP contribution < -0.4 is 16.0 Å². The molecule has 0 spiro atoms. The summed E-state index contributed by atoms with van der Waals surface area (Å²) in [4.78, 5) is 15.8. The van der Waals surface area contributed by atoms with E-state index in [9.17, 15) is 4.79 Å². The van der Waals surface area contributed by atoms with E-state index < -0.39 is 0 Å². The highest BCUT2D eigenvalue weighted by Crippen LogP contribution is 2.14. The lowest BCUT2D eigenvalue weighted by Crippen LogP contribution is -2.48. The second-order valence-electron chi connectivity index (χ2n) is 5.99. The summed E-state index contributed by atoms with van der Waals surface area (Å²) < 4.78 is 0. The van der Waals surface area contributed by atoms with Gasteiger partial charge in [-0.1, -0.05) is 29.8 Å². The van der Waals surface area contributed by atoms with Crippen LogP contribution in [-0.2, 0) is 11.2 Å². The molecule has 0 saturated heterocycles. The second-order valence-corrected chi connectivity index (χ2v) is 6.40. The van der Waals surface area contributed by atoms with Crippen LogP contribution in [0.2, 0.25) is 5.02 Å². The van der Waals surface area contributed by atoms with E-state index in [1.54, 1.807) is 7.05 Å². The van der Waals surface area contributed by atoms with Crippen LogP contribution >= 0.6 is 11.6 Å². The number of hydrogen-bond donors (Lipinski definition) is 3. The number of benzene rings is 1. The Labute approximate surface area is 137 Å². The Hall–Kier alpha value is -1.75.